The van der Waals surface area contributed by atoms with Crippen molar-refractivity contribution < 1.29 is 14.7 Å². The van der Waals surface area contributed by atoms with E-state index in [9.17, 15) is 14.7 Å². The molecule has 3 aromatic rings. The Morgan fingerprint density at radius 1 is 1.16 bits per heavy atom. The predicted molar refractivity (Wildman–Crippen MR) is 129 cm³/mol. The van der Waals surface area contributed by atoms with Crippen LogP contribution in [0.25, 0.3) is 10.2 Å². The summed E-state index contributed by atoms with van der Waals surface area (Å²) < 4.78 is 0.970. The number of Topliss-reactive ketones (excluding diaryl/α,β-unsaturated/α-hetero) is 1. The first-order chi connectivity index (χ1) is 15.0. The van der Waals surface area contributed by atoms with Crippen LogP contribution in [0.5, 0.6) is 0 Å². The number of fused-ring (bicyclic) bond motifs is 1. The molecule has 0 saturated carbocycles. The fraction of sp³-hybridized carbons (Fsp3) is 0.346. The molecule has 1 aliphatic heterocycles. The van der Waals surface area contributed by atoms with Gasteiger partial charge in [-0.1, -0.05) is 81.9 Å². The lowest BCUT2D eigenvalue weighted by atomic mass is 9.82. The zero-order valence-electron chi connectivity index (χ0n) is 19.3. The van der Waals surface area contributed by atoms with E-state index in [4.69, 9.17) is 4.98 Å². The average molecular weight is 449 g/mol. The van der Waals surface area contributed by atoms with Crippen molar-refractivity contribution in [3.8, 4) is 0 Å². The first-order valence-electron chi connectivity index (χ1n) is 10.8. The molecule has 1 aromatic heterocycles. The Bertz CT molecular complexity index is 1260. The maximum Gasteiger partial charge on any atom is 0.296 e. The number of anilines is 1. The molecular weight excluding hydrogens is 420 g/mol. The van der Waals surface area contributed by atoms with Crippen LogP contribution in [0.15, 0.2) is 53.8 Å². The molecule has 0 bridgehead atoms. The number of thiazole rings is 1. The zero-order valence-corrected chi connectivity index (χ0v) is 20.1. The highest BCUT2D eigenvalue weighted by molar-refractivity contribution is 7.22. The summed E-state index contributed by atoms with van der Waals surface area (Å²) in [4.78, 5) is 32.8. The highest BCUT2D eigenvalue weighted by Gasteiger charge is 2.47. The number of hydrogen-bond acceptors (Lipinski definition) is 5. The van der Waals surface area contributed by atoms with Gasteiger partial charge in [-0.2, -0.15) is 0 Å². The van der Waals surface area contributed by atoms with Crippen molar-refractivity contribution in [2.24, 2.45) is 5.41 Å². The second-order valence-corrected chi connectivity index (χ2v) is 10.7. The van der Waals surface area contributed by atoms with Crippen molar-refractivity contribution >= 4 is 38.4 Å². The second kappa shape index (κ2) is 7.85. The number of aryl methyl sites for hydroxylation is 1. The number of rotatable bonds is 4. The first kappa shape index (κ1) is 22.2. The van der Waals surface area contributed by atoms with Crippen molar-refractivity contribution in [3.63, 3.8) is 0 Å². The molecule has 32 heavy (non-hydrogen) atoms. The van der Waals surface area contributed by atoms with Gasteiger partial charge >= 0.3 is 0 Å². The third kappa shape index (κ3) is 3.73. The molecule has 1 amide bonds. The van der Waals surface area contributed by atoms with E-state index in [1.807, 2.05) is 43.3 Å². The molecular formula is C26H28N2O3S. The van der Waals surface area contributed by atoms with E-state index in [1.54, 1.807) is 20.8 Å². The number of aliphatic hydroxyl groups excluding tert-OH is 1. The van der Waals surface area contributed by atoms with Crippen LogP contribution < -0.4 is 4.90 Å². The van der Waals surface area contributed by atoms with Crippen LogP contribution in [0.1, 0.15) is 63.3 Å². The Balaban J connectivity index is 1.90. The number of aromatic nitrogens is 1. The van der Waals surface area contributed by atoms with Crippen molar-refractivity contribution in [2.75, 3.05) is 4.90 Å². The van der Waals surface area contributed by atoms with Gasteiger partial charge in [0.1, 0.15) is 0 Å². The number of ketones is 1. The number of carbonyl (C=O) groups excluding carboxylic acids is 2. The minimum Gasteiger partial charge on any atom is -0.503 e. The third-order valence-corrected chi connectivity index (χ3v) is 6.78. The van der Waals surface area contributed by atoms with E-state index in [0.717, 1.165) is 21.3 Å². The van der Waals surface area contributed by atoms with Crippen molar-refractivity contribution in [3.05, 3.63) is 70.5 Å². The number of amides is 1. The lowest BCUT2D eigenvalue weighted by molar-refractivity contribution is -0.123. The van der Waals surface area contributed by atoms with Gasteiger partial charge < -0.3 is 5.11 Å². The second-order valence-electron chi connectivity index (χ2n) is 9.71. The normalized spacial score (nSPS) is 17.2. The van der Waals surface area contributed by atoms with Gasteiger partial charge in [0.2, 0.25) is 0 Å². The molecule has 2 heterocycles. The molecule has 0 saturated heterocycles. The summed E-state index contributed by atoms with van der Waals surface area (Å²) in [6, 6.07) is 13.1. The number of benzene rings is 2. The minimum absolute atomic E-state index is 0.134. The highest BCUT2D eigenvalue weighted by atomic mass is 32.1. The summed E-state index contributed by atoms with van der Waals surface area (Å²) in [5.74, 6) is -0.952. The van der Waals surface area contributed by atoms with Gasteiger partial charge in [0.15, 0.2) is 16.7 Å². The molecule has 0 radical (unpaired) electrons. The van der Waals surface area contributed by atoms with E-state index in [2.05, 4.69) is 19.9 Å². The van der Waals surface area contributed by atoms with Crippen LogP contribution in [0.2, 0.25) is 0 Å². The Morgan fingerprint density at radius 3 is 2.50 bits per heavy atom. The quantitative estimate of drug-likeness (QED) is 0.513. The summed E-state index contributed by atoms with van der Waals surface area (Å²) in [6.07, 6.45) is 0. The van der Waals surface area contributed by atoms with Crippen molar-refractivity contribution in [1.29, 1.82) is 0 Å². The molecule has 1 unspecified atom stereocenters. The first-order valence-corrected chi connectivity index (χ1v) is 11.6. The molecule has 1 N–H and O–H groups in total. The Kier molecular flexibility index (Phi) is 5.45. The number of carbonyl (C=O) groups is 2. The summed E-state index contributed by atoms with van der Waals surface area (Å²) in [5.41, 5.74) is 3.16. The number of hydrogen-bond donors (Lipinski definition) is 1. The molecule has 4 rings (SSSR count). The molecule has 0 spiro atoms. The summed E-state index contributed by atoms with van der Waals surface area (Å²) >= 11 is 1.40. The molecule has 1 aliphatic rings. The van der Waals surface area contributed by atoms with Gasteiger partial charge in [-0.15, -0.1) is 0 Å². The highest BCUT2D eigenvalue weighted by Crippen LogP contribution is 2.45. The van der Waals surface area contributed by atoms with E-state index < -0.39 is 23.1 Å². The smallest absolute Gasteiger partial charge is 0.296 e. The standard InChI is InChI=1S/C26H28N2O3S/c1-14(2)16-10-11-18-19(13-16)32-25(27-18)28-21(17-9-7-8-15(3)12-17)20(22(29)24(28)31)23(30)26(4,5)6/h7-14,21,29H,1-6H3. The van der Waals surface area contributed by atoms with Crippen LogP contribution >= 0.6 is 11.3 Å². The summed E-state index contributed by atoms with van der Waals surface area (Å²) in [6.45, 7) is 11.6. The Labute approximate surface area is 192 Å². The zero-order chi connectivity index (χ0) is 23.4. The Hall–Kier alpha value is -2.99. The molecule has 0 fully saturated rings. The molecule has 6 heteroatoms. The summed E-state index contributed by atoms with van der Waals surface area (Å²) in [7, 11) is 0. The molecule has 5 nitrogen and oxygen atoms in total. The van der Waals surface area contributed by atoms with E-state index in [0.29, 0.717) is 11.0 Å². The van der Waals surface area contributed by atoms with Gasteiger partial charge in [0, 0.05) is 5.41 Å². The SMILES string of the molecule is Cc1cccc(C2C(C(=O)C(C)(C)C)=C(O)C(=O)N2c2nc3ccc(C(C)C)cc3s2)c1. The molecule has 166 valence electrons. The lowest BCUT2D eigenvalue weighted by Gasteiger charge is -2.27. The fourth-order valence-corrected chi connectivity index (χ4v) is 5.03. The minimum atomic E-state index is -0.749. The molecule has 1 atom stereocenters. The molecule has 0 aliphatic carbocycles. The number of nitrogens with zero attached hydrogens (tertiary/aromatic N) is 2. The largest absolute Gasteiger partial charge is 0.503 e. The third-order valence-electron chi connectivity index (χ3n) is 5.77. The predicted octanol–water partition coefficient (Wildman–Crippen LogP) is 6.24. The van der Waals surface area contributed by atoms with Crippen LogP contribution in [0.4, 0.5) is 5.13 Å². The lowest BCUT2D eigenvalue weighted by Crippen LogP contribution is -2.32. The van der Waals surface area contributed by atoms with Crippen molar-refractivity contribution in [1.82, 2.24) is 4.98 Å². The summed E-state index contributed by atoms with van der Waals surface area (Å²) in [5, 5.41) is 11.3. The maximum atomic E-state index is 13.3. The molecule has 2 aromatic carbocycles. The van der Waals surface area contributed by atoms with Gasteiger partial charge in [-0.25, -0.2) is 4.98 Å². The van der Waals surface area contributed by atoms with Crippen LogP contribution in [-0.4, -0.2) is 21.8 Å². The van der Waals surface area contributed by atoms with Crippen molar-refractivity contribution in [2.45, 2.75) is 53.5 Å². The van der Waals surface area contributed by atoms with E-state index in [1.165, 1.54) is 21.8 Å². The van der Waals surface area contributed by atoms with Gasteiger partial charge in [-0.3, -0.25) is 14.5 Å². The van der Waals surface area contributed by atoms with E-state index in [-0.39, 0.29) is 11.4 Å². The topological polar surface area (TPSA) is 70.5 Å². The van der Waals surface area contributed by atoms with Gasteiger partial charge in [0.05, 0.1) is 21.8 Å². The van der Waals surface area contributed by atoms with Gasteiger partial charge in [0.25, 0.3) is 5.91 Å². The Morgan fingerprint density at radius 2 is 1.88 bits per heavy atom. The van der Waals surface area contributed by atoms with Crippen LogP contribution in [0, 0.1) is 12.3 Å². The average Bonchev–Trinajstić information content (AvgIpc) is 3.24. The number of aliphatic hydroxyl groups is 1. The van der Waals surface area contributed by atoms with Gasteiger partial charge in [-0.05, 0) is 36.1 Å². The fourth-order valence-electron chi connectivity index (χ4n) is 3.99. The van der Waals surface area contributed by atoms with Crippen LogP contribution in [0.3, 0.4) is 0 Å². The maximum absolute atomic E-state index is 13.3. The monoisotopic (exact) mass is 448 g/mol. The van der Waals surface area contributed by atoms with E-state index >= 15 is 0 Å². The van der Waals surface area contributed by atoms with Crippen LogP contribution in [-0.2, 0) is 9.59 Å².